The summed E-state index contributed by atoms with van der Waals surface area (Å²) in [5, 5.41) is 0. The maximum atomic E-state index is 11.1. The lowest BCUT2D eigenvalue weighted by atomic mass is 10.3. The molecule has 1 rings (SSSR count). The van der Waals surface area contributed by atoms with Crippen molar-refractivity contribution < 1.29 is 19.1 Å². The van der Waals surface area contributed by atoms with E-state index in [0.717, 1.165) is 0 Å². The number of hydrogen-bond acceptors (Lipinski definition) is 4. The van der Waals surface area contributed by atoms with E-state index in [9.17, 15) is 14.4 Å². The molecule has 5 nitrogen and oxygen atoms in total. The van der Waals surface area contributed by atoms with Crippen LogP contribution in [0.2, 0.25) is 0 Å². The third kappa shape index (κ3) is 2.85. The Bertz CT molecular complexity index is 249. The third-order valence-electron chi connectivity index (χ3n) is 1.76. The molecule has 0 unspecified atom stereocenters. The van der Waals surface area contributed by atoms with Crippen molar-refractivity contribution in [3.63, 3.8) is 0 Å². The second-order valence-electron chi connectivity index (χ2n) is 2.93. The SMILES string of the molecule is CC(=O)CCN1CC(=O)OCC1=O. The fourth-order valence-electron chi connectivity index (χ4n) is 1.02. The van der Waals surface area contributed by atoms with Crippen LogP contribution in [0, 0.1) is 0 Å². The zero-order valence-corrected chi connectivity index (χ0v) is 7.41. The van der Waals surface area contributed by atoms with E-state index in [1.165, 1.54) is 11.8 Å². The Morgan fingerprint density at radius 3 is 2.85 bits per heavy atom. The van der Waals surface area contributed by atoms with Gasteiger partial charge in [-0.1, -0.05) is 0 Å². The summed E-state index contributed by atoms with van der Waals surface area (Å²) in [4.78, 5) is 33.8. The van der Waals surface area contributed by atoms with Gasteiger partial charge in [-0.3, -0.25) is 14.4 Å². The number of ketones is 1. The molecule has 72 valence electrons. The van der Waals surface area contributed by atoms with Crippen molar-refractivity contribution in [1.29, 1.82) is 0 Å². The number of cyclic esters (lactones) is 1. The van der Waals surface area contributed by atoms with Gasteiger partial charge in [0.05, 0.1) is 0 Å². The topological polar surface area (TPSA) is 63.7 Å². The number of rotatable bonds is 3. The van der Waals surface area contributed by atoms with Crippen LogP contribution in [0.1, 0.15) is 13.3 Å². The van der Waals surface area contributed by atoms with E-state index in [0.29, 0.717) is 13.0 Å². The van der Waals surface area contributed by atoms with E-state index in [-0.39, 0.29) is 24.8 Å². The number of morpholine rings is 1. The Hall–Kier alpha value is -1.39. The highest BCUT2D eigenvalue weighted by molar-refractivity contribution is 5.88. The zero-order chi connectivity index (χ0) is 9.84. The summed E-state index contributed by atoms with van der Waals surface area (Å²) in [5.74, 6) is -0.643. The molecule has 0 aliphatic carbocycles. The average Bonchev–Trinajstić information content (AvgIpc) is 2.06. The summed E-state index contributed by atoms with van der Waals surface area (Å²) < 4.78 is 4.51. The standard InChI is InChI=1S/C8H11NO4/c1-6(10)2-3-9-4-8(12)13-5-7(9)11/h2-5H2,1H3. The van der Waals surface area contributed by atoms with Gasteiger partial charge in [0.25, 0.3) is 5.91 Å². The summed E-state index contributed by atoms with van der Waals surface area (Å²) in [6, 6.07) is 0. The molecule has 1 saturated heterocycles. The summed E-state index contributed by atoms with van der Waals surface area (Å²) in [6.45, 7) is 1.53. The van der Waals surface area contributed by atoms with Crippen LogP contribution in [-0.2, 0) is 19.1 Å². The zero-order valence-electron chi connectivity index (χ0n) is 7.41. The molecule has 1 fully saturated rings. The molecule has 0 spiro atoms. The Labute approximate surface area is 75.6 Å². The lowest BCUT2D eigenvalue weighted by Crippen LogP contribution is -2.45. The van der Waals surface area contributed by atoms with E-state index >= 15 is 0 Å². The number of amides is 1. The third-order valence-corrected chi connectivity index (χ3v) is 1.76. The van der Waals surface area contributed by atoms with Crippen LogP contribution >= 0.6 is 0 Å². The largest absolute Gasteiger partial charge is 0.454 e. The van der Waals surface area contributed by atoms with Crippen molar-refractivity contribution in [3.05, 3.63) is 0 Å². The van der Waals surface area contributed by atoms with Gasteiger partial charge in [-0.05, 0) is 6.92 Å². The smallest absolute Gasteiger partial charge is 0.326 e. The Kier molecular flexibility index (Phi) is 3.00. The van der Waals surface area contributed by atoms with Gasteiger partial charge < -0.3 is 9.64 Å². The fourth-order valence-corrected chi connectivity index (χ4v) is 1.02. The number of nitrogens with zero attached hydrogens (tertiary/aromatic N) is 1. The highest BCUT2D eigenvalue weighted by atomic mass is 16.5. The summed E-state index contributed by atoms with van der Waals surface area (Å²) in [7, 11) is 0. The molecule has 1 heterocycles. The first kappa shape index (κ1) is 9.70. The Balaban J connectivity index is 2.42. The van der Waals surface area contributed by atoms with Crippen LogP contribution in [0.15, 0.2) is 0 Å². The van der Waals surface area contributed by atoms with Crippen LogP contribution < -0.4 is 0 Å². The Morgan fingerprint density at radius 2 is 2.23 bits per heavy atom. The normalized spacial score (nSPS) is 17.2. The van der Waals surface area contributed by atoms with E-state index in [2.05, 4.69) is 4.74 Å². The minimum Gasteiger partial charge on any atom is -0.454 e. The molecule has 5 heteroatoms. The quantitative estimate of drug-likeness (QED) is 0.548. The molecule has 0 bridgehead atoms. The van der Waals surface area contributed by atoms with Gasteiger partial charge in [0.15, 0.2) is 6.61 Å². The van der Waals surface area contributed by atoms with Crippen molar-refractivity contribution in [2.24, 2.45) is 0 Å². The van der Waals surface area contributed by atoms with E-state index in [4.69, 9.17) is 0 Å². The summed E-state index contributed by atoms with van der Waals surface area (Å²) in [6.07, 6.45) is 0.291. The lowest BCUT2D eigenvalue weighted by Gasteiger charge is -2.25. The number of carbonyl (C=O) groups excluding carboxylic acids is 3. The molecular formula is C8H11NO4. The van der Waals surface area contributed by atoms with Crippen LogP contribution in [0.5, 0.6) is 0 Å². The molecular weight excluding hydrogens is 174 g/mol. The number of ether oxygens (including phenoxy) is 1. The predicted molar refractivity (Wildman–Crippen MR) is 42.8 cm³/mol. The molecule has 0 aromatic heterocycles. The molecule has 0 aromatic carbocycles. The first-order valence-electron chi connectivity index (χ1n) is 4.02. The van der Waals surface area contributed by atoms with Crippen molar-refractivity contribution >= 4 is 17.7 Å². The number of carbonyl (C=O) groups is 3. The predicted octanol–water partition coefficient (Wildman–Crippen LogP) is -0.649. The van der Waals surface area contributed by atoms with E-state index < -0.39 is 5.97 Å². The first-order chi connectivity index (χ1) is 6.09. The molecule has 0 aromatic rings. The Morgan fingerprint density at radius 1 is 1.54 bits per heavy atom. The van der Waals surface area contributed by atoms with E-state index in [1.807, 2.05) is 0 Å². The molecule has 1 aliphatic heterocycles. The van der Waals surface area contributed by atoms with Crippen LogP contribution in [-0.4, -0.2) is 42.3 Å². The van der Waals surface area contributed by atoms with Gasteiger partial charge in [0.2, 0.25) is 0 Å². The minimum absolute atomic E-state index is 0.00624. The van der Waals surface area contributed by atoms with Crippen molar-refractivity contribution in [2.45, 2.75) is 13.3 Å². The van der Waals surface area contributed by atoms with Crippen LogP contribution in [0.4, 0.5) is 0 Å². The lowest BCUT2D eigenvalue weighted by molar-refractivity contribution is -0.162. The van der Waals surface area contributed by atoms with Gasteiger partial charge in [-0.2, -0.15) is 0 Å². The molecule has 0 N–H and O–H groups in total. The second kappa shape index (κ2) is 4.02. The molecule has 0 atom stereocenters. The summed E-state index contributed by atoms with van der Waals surface area (Å²) >= 11 is 0. The number of hydrogen-bond donors (Lipinski definition) is 0. The van der Waals surface area contributed by atoms with Gasteiger partial charge >= 0.3 is 5.97 Å². The first-order valence-corrected chi connectivity index (χ1v) is 4.02. The summed E-state index contributed by atoms with van der Waals surface area (Å²) in [5.41, 5.74) is 0. The second-order valence-corrected chi connectivity index (χ2v) is 2.93. The minimum atomic E-state index is -0.414. The molecule has 1 aliphatic rings. The van der Waals surface area contributed by atoms with Crippen molar-refractivity contribution in [2.75, 3.05) is 19.7 Å². The van der Waals surface area contributed by atoms with Gasteiger partial charge in [0, 0.05) is 13.0 Å². The monoisotopic (exact) mass is 185 g/mol. The molecule has 13 heavy (non-hydrogen) atoms. The molecule has 0 saturated carbocycles. The van der Waals surface area contributed by atoms with Gasteiger partial charge in [0.1, 0.15) is 12.3 Å². The van der Waals surface area contributed by atoms with Gasteiger partial charge in [-0.15, -0.1) is 0 Å². The maximum Gasteiger partial charge on any atom is 0.326 e. The van der Waals surface area contributed by atoms with Gasteiger partial charge in [-0.25, -0.2) is 0 Å². The number of esters is 1. The fraction of sp³-hybridized carbons (Fsp3) is 0.625. The number of Topliss-reactive ketones (excluding diaryl/α,β-unsaturated/α-hetero) is 1. The van der Waals surface area contributed by atoms with Crippen molar-refractivity contribution in [1.82, 2.24) is 4.90 Å². The van der Waals surface area contributed by atoms with Crippen molar-refractivity contribution in [3.8, 4) is 0 Å². The van der Waals surface area contributed by atoms with Crippen LogP contribution in [0.3, 0.4) is 0 Å². The molecule has 0 radical (unpaired) electrons. The highest BCUT2D eigenvalue weighted by Crippen LogP contribution is 2.01. The highest BCUT2D eigenvalue weighted by Gasteiger charge is 2.24. The van der Waals surface area contributed by atoms with E-state index in [1.54, 1.807) is 0 Å². The molecule has 1 amide bonds. The average molecular weight is 185 g/mol. The van der Waals surface area contributed by atoms with Crippen LogP contribution in [0.25, 0.3) is 0 Å². The maximum absolute atomic E-state index is 11.1.